The van der Waals surface area contributed by atoms with Gasteiger partial charge in [0, 0.05) is 11.9 Å². The van der Waals surface area contributed by atoms with Gasteiger partial charge < -0.3 is 0 Å². The highest BCUT2D eigenvalue weighted by atomic mass is 32.2. The maximum Gasteiger partial charge on any atom is 0.211 e. The normalized spacial score (nSPS) is 11.7. The second-order valence-corrected chi connectivity index (χ2v) is 9.48. The van der Waals surface area contributed by atoms with Crippen molar-refractivity contribution in [3.8, 4) is 17.2 Å². The average molecular weight is 418 g/mol. The topological polar surface area (TPSA) is 89.8 Å². The van der Waals surface area contributed by atoms with Crippen LogP contribution in [0.3, 0.4) is 0 Å². The summed E-state index contributed by atoms with van der Waals surface area (Å²) in [5, 5.41) is 9.44. The number of sulfonamides is 1. The van der Waals surface area contributed by atoms with E-state index in [0.717, 1.165) is 22.1 Å². The molecular weight excluding hydrogens is 394 g/mol. The summed E-state index contributed by atoms with van der Waals surface area (Å²) in [5.41, 5.74) is 4.01. The van der Waals surface area contributed by atoms with Crippen LogP contribution in [-0.4, -0.2) is 46.7 Å². The molecule has 0 saturated heterocycles. The molecule has 2 heterocycles. The minimum Gasteiger partial charge on any atom is -0.268 e. The van der Waals surface area contributed by atoms with Gasteiger partial charge in [0.15, 0.2) is 11.0 Å². The highest BCUT2D eigenvalue weighted by molar-refractivity contribution is 7.99. The van der Waals surface area contributed by atoms with Gasteiger partial charge in [-0.2, -0.15) is 0 Å². The quantitative estimate of drug-likeness (QED) is 0.448. The number of rotatable bonds is 8. The van der Waals surface area contributed by atoms with Crippen LogP contribution in [0.15, 0.2) is 47.8 Å². The average Bonchev–Trinajstić information content (AvgIpc) is 3.09. The summed E-state index contributed by atoms with van der Waals surface area (Å²) in [4.78, 5) is 4.42. The van der Waals surface area contributed by atoms with Crippen LogP contribution < -0.4 is 4.72 Å². The van der Waals surface area contributed by atoms with Crippen molar-refractivity contribution >= 4 is 21.8 Å². The van der Waals surface area contributed by atoms with E-state index in [1.807, 2.05) is 22.8 Å². The van der Waals surface area contributed by atoms with Crippen molar-refractivity contribution in [1.82, 2.24) is 24.5 Å². The van der Waals surface area contributed by atoms with Gasteiger partial charge in [0.1, 0.15) is 5.69 Å². The number of benzene rings is 1. The smallest absolute Gasteiger partial charge is 0.211 e. The van der Waals surface area contributed by atoms with Crippen molar-refractivity contribution in [2.24, 2.45) is 0 Å². The van der Waals surface area contributed by atoms with E-state index < -0.39 is 10.0 Å². The lowest BCUT2D eigenvalue weighted by atomic mass is 10.1. The molecule has 0 amide bonds. The molecule has 7 nitrogen and oxygen atoms in total. The molecule has 28 heavy (non-hydrogen) atoms. The van der Waals surface area contributed by atoms with Gasteiger partial charge in [-0.3, -0.25) is 9.55 Å². The second kappa shape index (κ2) is 8.85. The Bertz CT molecular complexity index is 1050. The van der Waals surface area contributed by atoms with Gasteiger partial charge in [-0.15, -0.1) is 10.2 Å². The van der Waals surface area contributed by atoms with E-state index in [1.54, 1.807) is 6.20 Å². The summed E-state index contributed by atoms with van der Waals surface area (Å²) >= 11 is 1.49. The molecule has 0 spiro atoms. The number of pyridine rings is 1. The Morgan fingerprint density at radius 1 is 1.14 bits per heavy atom. The molecule has 9 heteroatoms. The summed E-state index contributed by atoms with van der Waals surface area (Å²) < 4.78 is 27.5. The number of nitrogens with zero attached hydrogens (tertiary/aromatic N) is 4. The lowest BCUT2D eigenvalue weighted by Gasteiger charge is -2.13. The minimum absolute atomic E-state index is 0.0846. The van der Waals surface area contributed by atoms with E-state index in [-0.39, 0.29) is 5.75 Å². The van der Waals surface area contributed by atoms with E-state index in [2.05, 4.69) is 52.0 Å². The molecular formula is C19H23N5O2S2. The Balaban J connectivity index is 1.93. The van der Waals surface area contributed by atoms with Crippen LogP contribution in [0.2, 0.25) is 0 Å². The second-order valence-electron chi connectivity index (χ2n) is 6.37. The van der Waals surface area contributed by atoms with Crippen molar-refractivity contribution < 1.29 is 8.42 Å². The van der Waals surface area contributed by atoms with Crippen LogP contribution in [-0.2, 0) is 10.0 Å². The molecule has 0 saturated carbocycles. The van der Waals surface area contributed by atoms with Crippen LogP contribution >= 0.6 is 11.8 Å². The molecule has 148 valence electrons. The number of hydrogen-bond donors (Lipinski definition) is 1. The maximum absolute atomic E-state index is 11.6. The Morgan fingerprint density at radius 2 is 1.96 bits per heavy atom. The van der Waals surface area contributed by atoms with Crippen molar-refractivity contribution in [1.29, 1.82) is 0 Å². The van der Waals surface area contributed by atoms with Crippen molar-refractivity contribution in [2.75, 3.05) is 18.6 Å². The first-order valence-electron chi connectivity index (χ1n) is 8.90. The molecule has 3 rings (SSSR count). The zero-order valence-corrected chi connectivity index (χ0v) is 17.7. The monoisotopic (exact) mass is 417 g/mol. The molecule has 0 fully saturated rings. The Kier molecular flexibility index (Phi) is 6.48. The number of nitrogens with one attached hydrogen (secondary N) is 1. The summed E-state index contributed by atoms with van der Waals surface area (Å²) in [6.45, 7) is 4.11. The molecule has 0 bridgehead atoms. The molecule has 1 N–H and O–H groups in total. The van der Waals surface area contributed by atoms with Gasteiger partial charge in [0.05, 0.1) is 11.4 Å². The van der Waals surface area contributed by atoms with Gasteiger partial charge >= 0.3 is 0 Å². The third-order valence-electron chi connectivity index (χ3n) is 4.22. The van der Waals surface area contributed by atoms with Crippen LogP contribution in [0.5, 0.6) is 0 Å². The number of aromatic nitrogens is 4. The largest absolute Gasteiger partial charge is 0.268 e. The highest BCUT2D eigenvalue weighted by Crippen LogP contribution is 2.29. The predicted molar refractivity (Wildman–Crippen MR) is 112 cm³/mol. The molecule has 0 aliphatic carbocycles. The zero-order valence-electron chi connectivity index (χ0n) is 16.1. The summed E-state index contributed by atoms with van der Waals surface area (Å²) in [6, 6.07) is 11.9. The van der Waals surface area contributed by atoms with Crippen molar-refractivity contribution in [3.05, 3.63) is 53.7 Å². The molecule has 0 unspecified atom stereocenters. The minimum atomic E-state index is -3.20. The Morgan fingerprint density at radius 3 is 2.64 bits per heavy atom. The van der Waals surface area contributed by atoms with Crippen LogP contribution in [0, 0.1) is 13.8 Å². The third kappa shape index (κ3) is 4.78. The number of thioether (sulfide) groups is 1. The fraction of sp³-hybridized carbons (Fsp3) is 0.316. The highest BCUT2D eigenvalue weighted by Gasteiger charge is 2.18. The van der Waals surface area contributed by atoms with Gasteiger partial charge in [0.2, 0.25) is 10.0 Å². The van der Waals surface area contributed by atoms with Crippen LogP contribution in [0.4, 0.5) is 0 Å². The molecule has 1 aromatic carbocycles. The van der Waals surface area contributed by atoms with Gasteiger partial charge in [-0.25, -0.2) is 13.1 Å². The maximum atomic E-state index is 11.6. The molecule has 0 aliphatic heterocycles. The number of hydrogen-bond acceptors (Lipinski definition) is 6. The lowest BCUT2D eigenvalue weighted by molar-refractivity contribution is 0.587. The first-order chi connectivity index (χ1) is 13.4. The zero-order chi connectivity index (χ0) is 20.1. The first kappa shape index (κ1) is 20.5. The predicted octanol–water partition coefficient (Wildman–Crippen LogP) is 2.98. The van der Waals surface area contributed by atoms with Crippen LogP contribution in [0.25, 0.3) is 17.2 Å². The van der Waals surface area contributed by atoms with E-state index in [0.29, 0.717) is 18.0 Å². The molecule has 0 atom stereocenters. The van der Waals surface area contributed by atoms with Crippen molar-refractivity contribution in [2.45, 2.75) is 25.4 Å². The standard InChI is InChI=1S/C19H23N5O2S2/c1-14-8-9-17(15(2)13-14)24-18(16-7-4-5-10-21-16)22-23-19(24)27-11-6-12-28(25,26)20-3/h4-5,7-10,13,20H,6,11-12H2,1-3H3. The Hall–Kier alpha value is -2.23. The molecule has 0 radical (unpaired) electrons. The summed E-state index contributed by atoms with van der Waals surface area (Å²) in [7, 11) is -1.77. The third-order valence-corrected chi connectivity index (χ3v) is 6.68. The lowest BCUT2D eigenvalue weighted by Crippen LogP contribution is -2.22. The number of aryl methyl sites for hydroxylation is 2. The van der Waals surface area contributed by atoms with E-state index >= 15 is 0 Å². The van der Waals surface area contributed by atoms with Gasteiger partial charge in [-0.05, 0) is 51.1 Å². The molecule has 3 aromatic rings. The van der Waals surface area contributed by atoms with Gasteiger partial charge in [0.25, 0.3) is 0 Å². The van der Waals surface area contributed by atoms with Gasteiger partial charge in [-0.1, -0.05) is 35.5 Å². The fourth-order valence-electron chi connectivity index (χ4n) is 2.81. The SMILES string of the molecule is CNS(=O)(=O)CCCSc1nnc(-c2ccccn2)n1-c1ccc(C)cc1C. The molecule has 2 aromatic heterocycles. The Labute approximate surface area is 169 Å². The van der Waals surface area contributed by atoms with Crippen LogP contribution in [0.1, 0.15) is 17.5 Å². The fourth-order valence-corrected chi connectivity index (χ4v) is 4.61. The summed E-state index contributed by atoms with van der Waals surface area (Å²) in [6.07, 6.45) is 2.25. The van der Waals surface area contributed by atoms with E-state index in [1.165, 1.54) is 24.4 Å². The first-order valence-corrected chi connectivity index (χ1v) is 11.5. The van der Waals surface area contributed by atoms with E-state index in [4.69, 9.17) is 0 Å². The summed E-state index contributed by atoms with van der Waals surface area (Å²) in [5.74, 6) is 1.37. The van der Waals surface area contributed by atoms with E-state index in [9.17, 15) is 8.42 Å². The van der Waals surface area contributed by atoms with Crippen molar-refractivity contribution in [3.63, 3.8) is 0 Å². The molecule has 0 aliphatic rings.